The highest BCUT2D eigenvalue weighted by atomic mass is 35.5. The predicted octanol–water partition coefficient (Wildman–Crippen LogP) is 1.55. The molecule has 19 heavy (non-hydrogen) atoms. The minimum absolute atomic E-state index is 0.0305. The van der Waals surface area contributed by atoms with E-state index in [-0.39, 0.29) is 5.91 Å². The fourth-order valence-electron chi connectivity index (χ4n) is 1.57. The number of amides is 1. The Labute approximate surface area is 121 Å². The molecule has 0 radical (unpaired) electrons. The second kappa shape index (κ2) is 6.14. The maximum Gasteiger partial charge on any atom is 0.281 e. The maximum atomic E-state index is 11.6. The molecule has 0 atom stereocenters. The number of benzene rings is 1. The summed E-state index contributed by atoms with van der Waals surface area (Å²) < 4.78 is 0. The van der Waals surface area contributed by atoms with Gasteiger partial charge in [0.05, 0.1) is 19.8 Å². The number of aromatic nitrogens is 1. The van der Waals surface area contributed by atoms with Gasteiger partial charge in [-0.15, -0.1) is 11.3 Å². The summed E-state index contributed by atoms with van der Waals surface area (Å²) >= 11 is 7.26. The van der Waals surface area contributed by atoms with E-state index in [4.69, 9.17) is 11.6 Å². The number of carbonyl (C=O) groups is 1. The van der Waals surface area contributed by atoms with E-state index in [9.17, 15) is 4.79 Å². The van der Waals surface area contributed by atoms with E-state index in [2.05, 4.69) is 10.3 Å². The van der Waals surface area contributed by atoms with Gasteiger partial charge in [0.15, 0.2) is 11.7 Å². The molecular formula is C13H15ClN3OS+. The van der Waals surface area contributed by atoms with Crippen LogP contribution in [0.15, 0.2) is 29.6 Å². The predicted molar refractivity (Wildman–Crippen MR) is 78.9 cm³/mol. The highest BCUT2D eigenvalue weighted by molar-refractivity contribution is 7.14. The normalized spacial score (nSPS) is 10.7. The molecule has 0 aliphatic heterocycles. The summed E-state index contributed by atoms with van der Waals surface area (Å²) in [7, 11) is 3.86. The third-order valence-corrected chi connectivity index (χ3v) is 3.41. The van der Waals surface area contributed by atoms with Crippen molar-refractivity contribution in [1.29, 1.82) is 0 Å². The van der Waals surface area contributed by atoms with Gasteiger partial charge in [0, 0.05) is 16.0 Å². The molecule has 1 heterocycles. The molecule has 0 saturated carbocycles. The molecular weight excluding hydrogens is 282 g/mol. The molecule has 0 aliphatic carbocycles. The largest absolute Gasteiger partial charge is 0.332 e. The van der Waals surface area contributed by atoms with E-state index >= 15 is 0 Å². The Hall–Kier alpha value is -1.43. The molecule has 2 rings (SSSR count). The minimum Gasteiger partial charge on any atom is -0.332 e. The second-order valence-corrected chi connectivity index (χ2v) is 5.77. The molecule has 2 aromatic rings. The third kappa shape index (κ3) is 4.02. The summed E-state index contributed by atoms with van der Waals surface area (Å²) in [6.45, 7) is 0.426. The zero-order valence-electron chi connectivity index (χ0n) is 10.7. The van der Waals surface area contributed by atoms with E-state index in [1.165, 1.54) is 11.3 Å². The summed E-state index contributed by atoms with van der Waals surface area (Å²) in [4.78, 5) is 17.1. The first-order valence-electron chi connectivity index (χ1n) is 5.85. The first kappa shape index (κ1) is 14.0. The van der Waals surface area contributed by atoms with Crippen molar-refractivity contribution in [2.24, 2.45) is 0 Å². The number of thiazole rings is 1. The number of nitrogens with zero attached hydrogens (tertiary/aromatic N) is 1. The fourth-order valence-corrected chi connectivity index (χ4v) is 2.43. The van der Waals surface area contributed by atoms with Gasteiger partial charge in [-0.1, -0.05) is 23.7 Å². The van der Waals surface area contributed by atoms with Gasteiger partial charge in [-0.2, -0.15) is 0 Å². The second-order valence-electron chi connectivity index (χ2n) is 4.48. The Bertz CT molecular complexity index is 566. The molecule has 0 unspecified atom stereocenters. The van der Waals surface area contributed by atoms with E-state index < -0.39 is 0 Å². The molecule has 1 aromatic carbocycles. The van der Waals surface area contributed by atoms with Gasteiger partial charge < -0.3 is 4.90 Å². The molecule has 0 bridgehead atoms. The van der Waals surface area contributed by atoms with Gasteiger partial charge in [0.2, 0.25) is 0 Å². The Morgan fingerprint density at radius 3 is 2.68 bits per heavy atom. The molecule has 4 nitrogen and oxygen atoms in total. The molecule has 0 aliphatic rings. The van der Waals surface area contributed by atoms with Gasteiger partial charge in [-0.05, 0) is 12.1 Å². The van der Waals surface area contributed by atoms with Crippen LogP contribution in [0.4, 0.5) is 5.13 Å². The molecule has 0 fully saturated rings. The number of halogens is 1. The summed E-state index contributed by atoms with van der Waals surface area (Å²) in [6, 6.07) is 7.47. The zero-order valence-corrected chi connectivity index (χ0v) is 12.3. The molecule has 6 heteroatoms. The Kier molecular flexibility index (Phi) is 4.52. The van der Waals surface area contributed by atoms with Gasteiger partial charge in [-0.25, -0.2) is 4.98 Å². The molecule has 100 valence electrons. The number of likely N-dealkylation sites (N-methyl/N-ethyl adjacent to an activating group) is 1. The Morgan fingerprint density at radius 1 is 1.37 bits per heavy atom. The Morgan fingerprint density at radius 2 is 2.05 bits per heavy atom. The van der Waals surface area contributed by atoms with Crippen LogP contribution in [0, 0.1) is 0 Å². The van der Waals surface area contributed by atoms with Gasteiger partial charge >= 0.3 is 0 Å². The third-order valence-electron chi connectivity index (χ3n) is 2.40. The van der Waals surface area contributed by atoms with Crippen molar-refractivity contribution in [3.05, 3.63) is 34.7 Å². The molecule has 1 amide bonds. The van der Waals surface area contributed by atoms with Crippen molar-refractivity contribution in [1.82, 2.24) is 4.98 Å². The summed E-state index contributed by atoms with van der Waals surface area (Å²) in [5, 5.41) is 6.03. The molecule has 0 spiro atoms. The number of rotatable bonds is 4. The summed E-state index contributed by atoms with van der Waals surface area (Å²) in [6.07, 6.45) is 0. The van der Waals surface area contributed by atoms with E-state index in [0.717, 1.165) is 16.2 Å². The summed E-state index contributed by atoms with van der Waals surface area (Å²) in [5.41, 5.74) is 1.83. The first-order chi connectivity index (χ1) is 9.04. The lowest BCUT2D eigenvalue weighted by atomic mass is 10.2. The molecule has 0 saturated heterocycles. The van der Waals surface area contributed by atoms with Crippen molar-refractivity contribution >= 4 is 34.0 Å². The monoisotopic (exact) mass is 296 g/mol. The van der Waals surface area contributed by atoms with Gasteiger partial charge in [-0.3, -0.25) is 10.1 Å². The summed E-state index contributed by atoms with van der Waals surface area (Å²) in [5.74, 6) is -0.0305. The standard InChI is InChI=1S/C13H14ClN3OS/c1-17(2)7-12(18)16-13-15-11(8-19-13)9-3-5-10(14)6-4-9/h3-6,8H,7H2,1-2H3,(H,15,16,18)/p+1. The van der Waals surface area contributed by atoms with Crippen LogP contribution in [0.1, 0.15) is 0 Å². The lowest BCUT2D eigenvalue weighted by molar-refractivity contribution is -0.849. The quantitative estimate of drug-likeness (QED) is 0.899. The first-order valence-corrected chi connectivity index (χ1v) is 7.10. The van der Waals surface area contributed by atoms with Crippen LogP contribution >= 0.6 is 22.9 Å². The van der Waals surface area contributed by atoms with E-state index in [1.807, 2.05) is 43.7 Å². The average molecular weight is 297 g/mol. The number of nitrogens with one attached hydrogen (secondary N) is 2. The lowest BCUT2D eigenvalue weighted by Gasteiger charge is -2.05. The zero-order chi connectivity index (χ0) is 13.8. The van der Waals surface area contributed by atoms with Crippen molar-refractivity contribution in [3.63, 3.8) is 0 Å². The molecule has 2 N–H and O–H groups in total. The highest BCUT2D eigenvalue weighted by Crippen LogP contribution is 2.25. The van der Waals surface area contributed by atoms with Crippen LogP contribution in [0.2, 0.25) is 5.02 Å². The van der Waals surface area contributed by atoms with Crippen LogP contribution in [-0.4, -0.2) is 31.5 Å². The minimum atomic E-state index is -0.0305. The van der Waals surface area contributed by atoms with Crippen LogP contribution in [-0.2, 0) is 4.79 Å². The SMILES string of the molecule is C[NH+](C)CC(=O)Nc1nc(-c2ccc(Cl)cc2)cs1. The van der Waals surface area contributed by atoms with Crippen LogP contribution in [0.3, 0.4) is 0 Å². The van der Waals surface area contributed by atoms with Crippen molar-refractivity contribution in [2.75, 3.05) is 26.0 Å². The lowest BCUT2D eigenvalue weighted by Crippen LogP contribution is -3.06. The number of hydrogen-bond acceptors (Lipinski definition) is 3. The van der Waals surface area contributed by atoms with E-state index in [1.54, 1.807) is 0 Å². The van der Waals surface area contributed by atoms with Crippen molar-refractivity contribution in [2.45, 2.75) is 0 Å². The van der Waals surface area contributed by atoms with Crippen molar-refractivity contribution in [3.8, 4) is 11.3 Å². The average Bonchev–Trinajstić information content (AvgIpc) is 2.77. The number of carbonyl (C=O) groups excluding carboxylic acids is 1. The van der Waals surface area contributed by atoms with Gasteiger partial charge in [0.25, 0.3) is 5.91 Å². The van der Waals surface area contributed by atoms with Crippen LogP contribution < -0.4 is 10.2 Å². The number of anilines is 1. The number of quaternary nitrogens is 1. The topological polar surface area (TPSA) is 46.4 Å². The number of hydrogen-bond donors (Lipinski definition) is 2. The van der Waals surface area contributed by atoms with Crippen molar-refractivity contribution < 1.29 is 9.69 Å². The van der Waals surface area contributed by atoms with E-state index in [0.29, 0.717) is 16.7 Å². The van der Waals surface area contributed by atoms with Gasteiger partial charge in [0.1, 0.15) is 0 Å². The van der Waals surface area contributed by atoms with Crippen LogP contribution in [0.25, 0.3) is 11.3 Å². The highest BCUT2D eigenvalue weighted by Gasteiger charge is 2.10. The smallest absolute Gasteiger partial charge is 0.281 e. The fraction of sp³-hybridized carbons (Fsp3) is 0.231. The maximum absolute atomic E-state index is 11.6. The van der Waals surface area contributed by atoms with Crippen LogP contribution in [0.5, 0.6) is 0 Å². The molecule has 1 aromatic heterocycles. The Balaban J connectivity index is 2.07.